The minimum absolute atomic E-state index is 0.587. The number of aromatic nitrogens is 6. The molecule has 0 aliphatic carbocycles. The molecule has 0 saturated carbocycles. The molecule has 0 aliphatic rings. The highest BCUT2D eigenvalue weighted by atomic mass is 35.5. The molecule has 0 spiro atoms. The normalized spacial score (nSPS) is 10.7. The monoisotopic (exact) mass is 870 g/mol. The molecule has 0 amide bonds. The minimum atomic E-state index is 0.587. The average Bonchev–Trinajstić information content (AvgIpc) is 3.94. The van der Waals surface area contributed by atoms with Gasteiger partial charge in [-0.15, -0.1) is 0 Å². The number of pyridine rings is 2. The number of hydrogen-bond acceptors (Lipinski definition) is 10. The standard InChI is InChI=1S/C25H24ClN3O3.C23H20ClN3O3/c1-5-29-24(17-6-8-18(26)9-7-17)23(16-10-12-27-13-11-16)28-25(29)22-20(31-3)14-19(30-2)15-21(22)32-4;1-28-17-12-18(29-2)20(19(13-17)30-3)23-26-21(14-4-6-16(24)7-5-14)22(27-23)15-8-10-25-11-9-15/h6-15H,5H2,1-4H3;4-13H,1-3H3,(H,26,27). The number of rotatable bonds is 13. The van der Waals surface area contributed by atoms with Crippen molar-refractivity contribution in [3.63, 3.8) is 0 Å². The number of nitrogens with one attached hydrogen (secondary N) is 1. The SMILES string of the molecule is CCn1c(-c2c(OC)cc(OC)cc2OC)nc(-c2ccncc2)c1-c1ccc(Cl)cc1.COc1cc(OC)c(-c2nc(-c3ccc(Cl)cc3)c(-c3ccncc3)[nH]2)c(OC)c1. The number of hydrogen-bond donors (Lipinski definition) is 1. The van der Waals surface area contributed by atoms with Gasteiger partial charge in [-0.3, -0.25) is 9.97 Å². The molecular weight excluding hydrogens is 827 g/mol. The van der Waals surface area contributed by atoms with Crippen LogP contribution in [0.1, 0.15) is 6.92 Å². The summed E-state index contributed by atoms with van der Waals surface area (Å²) in [7, 11) is 9.67. The third kappa shape index (κ3) is 8.88. The Hall–Kier alpha value is -7.02. The predicted molar refractivity (Wildman–Crippen MR) is 244 cm³/mol. The molecule has 0 aliphatic heterocycles. The Bertz CT molecular complexity index is 2710. The molecule has 4 aromatic carbocycles. The van der Waals surface area contributed by atoms with Crippen molar-refractivity contribution >= 4 is 23.2 Å². The fourth-order valence-electron chi connectivity index (χ4n) is 7.06. The number of aromatic amines is 1. The first-order chi connectivity index (χ1) is 30.2. The maximum absolute atomic E-state index is 6.16. The van der Waals surface area contributed by atoms with Gasteiger partial charge in [-0.25, -0.2) is 9.97 Å². The number of H-pyrrole nitrogens is 1. The van der Waals surface area contributed by atoms with Crippen molar-refractivity contribution in [2.45, 2.75) is 13.5 Å². The van der Waals surface area contributed by atoms with Gasteiger partial charge in [-0.2, -0.15) is 0 Å². The summed E-state index contributed by atoms with van der Waals surface area (Å²) in [4.78, 5) is 21.7. The Morgan fingerprint density at radius 3 is 1.39 bits per heavy atom. The smallest absolute Gasteiger partial charge is 0.148 e. The second-order valence-corrected chi connectivity index (χ2v) is 14.4. The van der Waals surface area contributed by atoms with Crippen LogP contribution in [0.2, 0.25) is 10.0 Å². The molecular formula is C48H44Cl2N6O6. The molecule has 8 rings (SSSR count). The van der Waals surface area contributed by atoms with Crippen molar-refractivity contribution in [3.05, 3.63) is 132 Å². The van der Waals surface area contributed by atoms with Crippen LogP contribution >= 0.6 is 23.2 Å². The first-order valence-corrected chi connectivity index (χ1v) is 20.1. The van der Waals surface area contributed by atoms with Crippen LogP contribution in [0.25, 0.3) is 67.8 Å². The zero-order chi connectivity index (χ0) is 43.8. The predicted octanol–water partition coefficient (Wildman–Crippen LogP) is 11.5. The third-order valence-corrected chi connectivity index (χ3v) is 10.5. The molecule has 316 valence electrons. The van der Waals surface area contributed by atoms with Crippen molar-refractivity contribution in [1.29, 1.82) is 0 Å². The van der Waals surface area contributed by atoms with E-state index < -0.39 is 0 Å². The van der Waals surface area contributed by atoms with Gasteiger partial charge in [-0.05, 0) is 55.5 Å². The lowest BCUT2D eigenvalue weighted by Crippen LogP contribution is -2.03. The number of benzene rings is 4. The number of imidazole rings is 2. The van der Waals surface area contributed by atoms with E-state index in [2.05, 4.69) is 26.4 Å². The van der Waals surface area contributed by atoms with E-state index in [0.717, 1.165) is 56.4 Å². The lowest BCUT2D eigenvalue weighted by molar-refractivity contribution is 0.376. The van der Waals surface area contributed by atoms with E-state index in [9.17, 15) is 0 Å². The molecule has 0 atom stereocenters. The molecule has 0 bridgehead atoms. The first kappa shape index (κ1) is 43.1. The van der Waals surface area contributed by atoms with E-state index in [4.69, 9.17) is 61.6 Å². The van der Waals surface area contributed by atoms with Crippen LogP contribution in [0.5, 0.6) is 34.5 Å². The number of methoxy groups -OCH3 is 6. The average molecular weight is 872 g/mol. The molecule has 4 aromatic heterocycles. The van der Waals surface area contributed by atoms with E-state index >= 15 is 0 Å². The lowest BCUT2D eigenvalue weighted by Gasteiger charge is -2.16. The Labute approximate surface area is 370 Å². The second kappa shape index (κ2) is 19.6. The van der Waals surface area contributed by atoms with Gasteiger partial charge in [-0.1, -0.05) is 47.5 Å². The Balaban J connectivity index is 0.000000187. The van der Waals surface area contributed by atoms with Gasteiger partial charge >= 0.3 is 0 Å². The molecule has 1 N–H and O–H groups in total. The van der Waals surface area contributed by atoms with E-state index in [1.165, 1.54) is 0 Å². The first-order valence-electron chi connectivity index (χ1n) is 19.4. The summed E-state index contributed by atoms with van der Waals surface area (Å²) >= 11 is 12.2. The molecule has 12 nitrogen and oxygen atoms in total. The molecule has 0 unspecified atom stereocenters. The number of nitrogens with zero attached hydrogens (tertiary/aromatic N) is 5. The quantitative estimate of drug-likeness (QED) is 0.120. The minimum Gasteiger partial charge on any atom is -0.496 e. The van der Waals surface area contributed by atoms with Crippen LogP contribution in [0.4, 0.5) is 0 Å². The van der Waals surface area contributed by atoms with E-state index in [1.807, 2.05) is 84.9 Å². The summed E-state index contributed by atoms with van der Waals surface area (Å²) in [5, 5.41) is 1.35. The molecule has 8 aromatic rings. The molecule has 4 heterocycles. The maximum atomic E-state index is 6.16. The summed E-state index contributed by atoms with van der Waals surface area (Å²) in [6.07, 6.45) is 7.02. The Kier molecular flexibility index (Phi) is 13.6. The summed E-state index contributed by atoms with van der Waals surface area (Å²) in [6, 6.07) is 30.4. The topological polar surface area (TPSA) is 128 Å². The number of halogens is 2. The molecule has 14 heteroatoms. The van der Waals surface area contributed by atoms with Crippen LogP contribution in [-0.4, -0.2) is 72.1 Å². The zero-order valence-corrected chi connectivity index (χ0v) is 36.7. The second-order valence-electron chi connectivity index (χ2n) is 13.5. The van der Waals surface area contributed by atoms with Crippen LogP contribution in [-0.2, 0) is 6.54 Å². The summed E-state index contributed by atoms with van der Waals surface area (Å²) in [5.74, 6) is 5.03. The summed E-state index contributed by atoms with van der Waals surface area (Å²) in [6.45, 7) is 2.77. The summed E-state index contributed by atoms with van der Waals surface area (Å²) < 4.78 is 35.6. The molecule has 0 fully saturated rings. The molecule has 0 radical (unpaired) electrons. The van der Waals surface area contributed by atoms with Crippen LogP contribution < -0.4 is 28.4 Å². The van der Waals surface area contributed by atoms with Crippen molar-refractivity contribution in [3.8, 4) is 102 Å². The van der Waals surface area contributed by atoms with Crippen molar-refractivity contribution in [2.75, 3.05) is 42.7 Å². The molecule has 62 heavy (non-hydrogen) atoms. The third-order valence-electron chi connectivity index (χ3n) is 10.0. The summed E-state index contributed by atoms with van der Waals surface area (Å²) in [5.41, 5.74) is 8.78. The van der Waals surface area contributed by atoms with E-state index in [-0.39, 0.29) is 0 Å². The van der Waals surface area contributed by atoms with Gasteiger partial charge in [0.25, 0.3) is 0 Å². The highest BCUT2D eigenvalue weighted by molar-refractivity contribution is 6.31. The Morgan fingerprint density at radius 2 is 0.935 bits per heavy atom. The fourth-order valence-corrected chi connectivity index (χ4v) is 7.32. The van der Waals surface area contributed by atoms with Crippen LogP contribution in [0.3, 0.4) is 0 Å². The van der Waals surface area contributed by atoms with Gasteiger partial charge in [0.15, 0.2) is 0 Å². The van der Waals surface area contributed by atoms with E-state index in [0.29, 0.717) is 62.5 Å². The maximum Gasteiger partial charge on any atom is 0.148 e. The van der Waals surface area contributed by atoms with E-state index in [1.54, 1.807) is 79.6 Å². The highest BCUT2D eigenvalue weighted by Crippen LogP contribution is 2.46. The number of ether oxygens (including phenoxy) is 6. The van der Waals surface area contributed by atoms with Crippen molar-refractivity contribution in [2.24, 2.45) is 0 Å². The lowest BCUT2D eigenvalue weighted by atomic mass is 10.1. The van der Waals surface area contributed by atoms with Gasteiger partial charge in [0.05, 0.1) is 65.4 Å². The van der Waals surface area contributed by atoms with Crippen LogP contribution in [0, 0.1) is 0 Å². The largest absolute Gasteiger partial charge is 0.496 e. The van der Waals surface area contributed by atoms with Gasteiger partial charge in [0.2, 0.25) is 0 Å². The molecule has 0 saturated heterocycles. The van der Waals surface area contributed by atoms with Gasteiger partial charge < -0.3 is 38.0 Å². The zero-order valence-electron chi connectivity index (χ0n) is 35.2. The van der Waals surface area contributed by atoms with Crippen molar-refractivity contribution in [1.82, 2.24) is 29.5 Å². The van der Waals surface area contributed by atoms with Crippen molar-refractivity contribution < 1.29 is 28.4 Å². The highest BCUT2D eigenvalue weighted by Gasteiger charge is 2.26. The fraction of sp³-hybridized carbons (Fsp3) is 0.167. The van der Waals surface area contributed by atoms with Gasteiger partial charge in [0.1, 0.15) is 57.3 Å². The van der Waals surface area contributed by atoms with Crippen LogP contribution in [0.15, 0.2) is 122 Å². The Morgan fingerprint density at radius 1 is 0.500 bits per heavy atom. The van der Waals surface area contributed by atoms with Gasteiger partial charge in [0, 0.05) is 87.9 Å².